The predicted octanol–water partition coefficient (Wildman–Crippen LogP) is 14.4. The van der Waals surface area contributed by atoms with Gasteiger partial charge in [-0.3, -0.25) is 19.2 Å². The molecule has 11 nitrogen and oxygen atoms in total. The summed E-state index contributed by atoms with van der Waals surface area (Å²) in [4.78, 5) is 84.7. The van der Waals surface area contributed by atoms with E-state index in [2.05, 4.69) is 28.7 Å². The van der Waals surface area contributed by atoms with E-state index >= 15 is 0 Å². The highest BCUT2D eigenvalue weighted by molar-refractivity contribution is 7.99. The number of aryl methyl sites for hydroxylation is 2. The van der Waals surface area contributed by atoms with Crippen molar-refractivity contribution in [2.45, 2.75) is 117 Å². The number of aromatic nitrogens is 1. The minimum Gasteiger partial charge on any atom is -0.341 e. The van der Waals surface area contributed by atoms with Gasteiger partial charge in [0.1, 0.15) is 5.71 Å². The molecule has 7 aromatic rings. The molecule has 0 N–H and O–H groups in total. The molecule has 12 heteroatoms. The number of benzene rings is 6. The molecule has 0 aliphatic heterocycles. The van der Waals surface area contributed by atoms with Gasteiger partial charge in [0.05, 0.1) is 11.3 Å². The van der Waals surface area contributed by atoms with Gasteiger partial charge in [0.15, 0.2) is 5.78 Å². The third-order valence-electron chi connectivity index (χ3n) is 14.7. The molecule has 0 radical (unpaired) electrons. The lowest BCUT2D eigenvalue weighted by Gasteiger charge is -2.31. The van der Waals surface area contributed by atoms with E-state index in [1.807, 2.05) is 137 Å². The van der Waals surface area contributed by atoms with Crippen LogP contribution in [0.2, 0.25) is 0 Å². The Hall–Kier alpha value is -7.57. The first kappa shape index (κ1) is 55.2. The van der Waals surface area contributed by atoms with Crippen LogP contribution in [0, 0.1) is 23.7 Å². The van der Waals surface area contributed by atoms with E-state index in [0.29, 0.717) is 34.4 Å². The standard InChI is InChI=1S/C27H27NO3S.C26H24N2O3.C10H14O2/c1-2-3-4-11-16-25(28-31-27(30)22-12-7-5-8-13-22)26(29)21-17-19-24(20-18-21)32-23-14-9-6-10-15-23;1-5-28-24-12-10-19(17(3)27-31-18(4)29)14-22(24)23-15-20(11-13-25(23)28)26(30)21-9-7-6-8-16(21)2;1-9(2)6-4-5-10(9,3)8(12)7(6)11/h5-10,12-15,17-20H,2-4,11,16H2,1H3;6-15H,5H2,1-4H3;6H,4-5H2,1-3H3/b28-25-;27-17+;. The van der Waals surface area contributed by atoms with Crippen LogP contribution in [0.4, 0.5) is 0 Å². The first-order valence-corrected chi connectivity index (χ1v) is 26.5. The molecule has 386 valence electrons. The highest BCUT2D eigenvalue weighted by Gasteiger charge is 2.66. The highest BCUT2D eigenvalue weighted by atomic mass is 32.2. The first-order valence-electron chi connectivity index (χ1n) is 25.7. The number of carbonyl (C=O) groups excluding carboxylic acids is 6. The largest absolute Gasteiger partial charge is 0.365 e. The molecule has 0 spiro atoms. The number of fused-ring (bicyclic) bond motifs is 5. The van der Waals surface area contributed by atoms with E-state index in [-0.39, 0.29) is 45.6 Å². The molecule has 9 rings (SSSR count). The van der Waals surface area contributed by atoms with Gasteiger partial charge < -0.3 is 14.2 Å². The normalized spacial score (nSPS) is 16.7. The summed E-state index contributed by atoms with van der Waals surface area (Å²) in [6.07, 6.45) is 6.30. The maximum absolute atomic E-state index is 13.2. The monoisotopic (exact) mass is 1020 g/mol. The summed E-state index contributed by atoms with van der Waals surface area (Å²) in [7, 11) is 0. The average Bonchev–Trinajstić information content (AvgIpc) is 3.91. The van der Waals surface area contributed by atoms with Crippen LogP contribution in [-0.2, 0) is 30.6 Å². The molecule has 2 aliphatic rings. The summed E-state index contributed by atoms with van der Waals surface area (Å²) < 4.78 is 2.23. The molecule has 1 heterocycles. The molecular weight excluding hydrogens is 959 g/mol. The average molecular weight is 1020 g/mol. The van der Waals surface area contributed by atoms with Gasteiger partial charge in [0, 0.05) is 73.1 Å². The summed E-state index contributed by atoms with van der Waals surface area (Å²) in [6, 6.07) is 45.8. The van der Waals surface area contributed by atoms with Crippen molar-refractivity contribution in [3.63, 3.8) is 0 Å². The molecule has 0 amide bonds. The van der Waals surface area contributed by atoms with Gasteiger partial charge in [-0.2, -0.15) is 0 Å². The molecular formula is C63H65N3O8S. The number of carbonyl (C=O) groups is 6. The molecule has 2 bridgehead atoms. The van der Waals surface area contributed by atoms with Crippen LogP contribution < -0.4 is 0 Å². The Bertz CT molecular complexity index is 3300. The van der Waals surface area contributed by atoms with Crippen LogP contribution in [0.3, 0.4) is 0 Å². The van der Waals surface area contributed by atoms with Crippen molar-refractivity contribution in [2.24, 2.45) is 27.1 Å². The summed E-state index contributed by atoms with van der Waals surface area (Å²) in [5.41, 5.74) is 6.73. The van der Waals surface area contributed by atoms with Crippen molar-refractivity contribution in [1.82, 2.24) is 4.57 Å². The maximum Gasteiger partial charge on any atom is 0.365 e. The van der Waals surface area contributed by atoms with E-state index in [9.17, 15) is 28.8 Å². The first-order chi connectivity index (χ1) is 36.0. The van der Waals surface area contributed by atoms with Crippen LogP contribution in [0.1, 0.15) is 141 Å². The summed E-state index contributed by atoms with van der Waals surface area (Å²) in [6.45, 7) is 16.2. The second kappa shape index (κ2) is 24.6. The molecule has 2 saturated carbocycles. The van der Waals surface area contributed by atoms with Crippen molar-refractivity contribution in [3.8, 4) is 0 Å². The van der Waals surface area contributed by atoms with Gasteiger partial charge in [-0.05, 0) is 142 Å². The van der Waals surface area contributed by atoms with Crippen LogP contribution in [0.15, 0.2) is 166 Å². The van der Waals surface area contributed by atoms with Crippen LogP contribution in [0.25, 0.3) is 21.8 Å². The Morgan fingerprint density at radius 3 is 1.81 bits per heavy atom. The minimum absolute atomic E-state index is 0.00926. The molecule has 2 aliphatic carbocycles. The van der Waals surface area contributed by atoms with Crippen molar-refractivity contribution in [2.75, 3.05) is 0 Å². The number of oxime groups is 2. The lowest BCUT2D eigenvalue weighted by atomic mass is 9.70. The van der Waals surface area contributed by atoms with E-state index < -0.39 is 11.9 Å². The number of hydrogen-bond acceptors (Lipinski definition) is 11. The molecule has 2 unspecified atom stereocenters. The van der Waals surface area contributed by atoms with Crippen molar-refractivity contribution < 1.29 is 38.4 Å². The zero-order chi connectivity index (χ0) is 53.9. The van der Waals surface area contributed by atoms with E-state index in [1.165, 1.54) is 6.92 Å². The topological polar surface area (TPSA) is 151 Å². The number of ketones is 4. The SMILES string of the molecule is CC12CCC(C(=O)C1=O)C2(C)C.CCCCCC/C(=N/OC(=O)c1ccccc1)C(=O)c1ccc(Sc2ccccc2)cc1.CCn1c2ccc(C(=O)c3ccccc3C)cc2c2cc(/C(C)=N/OC(C)=O)ccc21. The molecule has 6 aromatic carbocycles. The zero-order valence-corrected chi connectivity index (χ0v) is 44.9. The quantitative estimate of drug-likeness (QED) is 0.0230. The van der Waals surface area contributed by atoms with Crippen LogP contribution in [-0.4, -0.2) is 51.1 Å². The third-order valence-corrected chi connectivity index (χ3v) is 15.7. The zero-order valence-electron chi connectivity index (χ0n) is 44.1. The highest BCUT2D eigenvalue weighted by Crippen LogP contribution is 2.62. The lowest BCUT2D eigenvalue weighted by Crippen LogP contribution is -2.33. The van der Waals surface area contributed by atoms with Crippen molar-refractivity contribution in [3.05, 3.63) is 179 Å². The number of hydrogen-bond donors (Lipinski definition) is 0. The molecule has 2 fully saturated rings. The summed E-state index contributed by atoms with van der Waals surface area (Å²) >= 11 is 1.64. The van der Waals surface area contributed by atoms with E-state index in [4.69, 9.17) is 9.68 Å². The summed E-state index contributed by atoms with van der Waals surface area (Å²) in [5.74, 6) is -1.45. The second-order valence-electron chi connectivity index (χ2n) is 19.8. The van der Waals surface area contributed by atoms with Crippen LogP contribution >= 0.6 is 11.8 Å². The lowest BCUT2D eigenvalue weighted by molar-refractivity contribution is -0.141. The van der Waals surface area contributed by atoms with Crippen LogP contribution in [0.5, 0.6) is 0 Å². The maximum atomic E-state index is 13.2. The van der Waals surface area contributed by atoms with Gasteiger partial charge in [0.2, 0.25) is 17.3 Å². The molecule has 1 aromatic heterocycles. The number of Topliss-reactive ketones (excluding diaryl/α,β-unsaturated/α-hetero) is 3. The van der Waals surface area contributed by atoms with E-state index in [1.54, 1.807) is 55.1 Å². The number of rotatable bonds is 16. The Kier molecular flexibility index (Phi) is 18.1. The van der Waals surface area contributed by atoms with Gasteiger partial charge in [0.25, 0.3) is 0 Å². The molecule has 2 atom stereocenters. The Morgan fingerprint density at radius 2 is 1.24 bits per heavy atom. The Morgan fingerprint density at radius 1 is 0.653 bits per heavy atom. The molecule has 75 heavy (non-hydrogen) atoms. The Balaban J connectivity index is 0.000000179. The fourth-order valence-corrected chi connectivity index (χ4v) is 10.7. The number of unbranched alkanes of at least 4 members (excludes halogenated alkanes) is 3. The van der Waals surface area contributed by atoms with Crippen molar-refractivity contribution in [1.29, 1.82) is 0 Å². The third kappa shape index (κ3) is 12.5. The second-order valence-corrected chi connectivity index (χ2v) is 21.0. The van der Waals surface area contributed by atoms with E-state index in [0.717, 1.165) is 87.8 Å². The fraction of sp³-hybridized carbons (Fsp3) is 0.302. The predicted molar refractivity (Wildman–Crippen MR) is 298 cm³/mol. The minimum atomic E-state index is -0.570. The van der Waals surface area contributed by atoms with Gasteiger partial charge in [-0.25, -0.2) is 9.59 Å². The molecule has 0 saturated heterocycles. The smallest absolute Gasteiger partial charge is 0.341 e. The van der Waals surface area contributed by atoms with Crippen molar-refractivity contribution >= 4 is 80.1 Å². The summed E-state index contributed by atoms with van der Waals surface area (Å²) in [5, 5.41) is 9.93. The van der Waals surface area contributed by atoms with Gasteiger partial charge >= 0.3 is 11.9 Å². The Labute approximate surface area is 443 Å². The van der Waals surface area contributed by atoms with Gasteiger partial charge in [-0.15, -0.1) is 0 Å². The number of nitrogens with zero attached hydrogens (tertiary/aromatic N) is 3. The fourth-order valence-electron chi connectivity index (χ4n) is 9.88. The van der Waals surface area contributed by atoms with Gasteiger partial charge in [-0.1, -0.05) is 136 Å².